The molecule has 1 aliphatic heterocycles. The second-order valence-electron chi connectivity index (χ2n) is 8.66. The lowest BCUT2D eigenvalue weighted by molar-refractivity contribution is -0.116. The molecule has 0 bridgehead atoms. The van der Waals surface area contributed by atoms with Crippen LogP contribution >= 0.6 is 0 Å². The largest absolute Gasteiger partial charge is 0.371 e. The number of unbranched alkanes of at least 4 members (excludes halogenated alkanes) is 1. The third kappa shape index (κ3) is 6.33. The van der Waals surface area contributed by atoms with Crippen molar-refractivity contribution in [3.05, 3.63) is 59.7 Å². The molecule has 1 aliphatic rings. The Bertz CT molecular complexity index is 873. The van der Waals surface area contributed by atoms with Crippen LogP contribution in [0.1, 0.15) is 74.8 Å². The molecule has 2 N–H and O–H groups in total. The first-order chi connectivity index (χ1) is 15.0. The number of nitrogens with one attached hydrogen (secondary N) is 2. The van der Waals surface area contributed by atoms with E-state index < -0.39 is 0 Å². The van der Waals surface area contributed by atoms with Crippen LogP contribution in [0.25, 0.3) is 0 Å². The number of hydrogen-bond acceptors (Lipinski definition) is 3. The van der Waals surface area contributed by atoms with Gasteiger partial charge in [-0.25, -0.2) is 0 Å². The summed E-state index contributed by atoms with van der Waals surface area (Å²) in [6.45, 7) is 8.22. The molecule has 3 rings (SSSR count). The van der Waals surface area contributed by atoms with Crippen molar-refractivity contribution in [1.82, 2.24) is 5.32 Å². The molecule has 2 aromatic carbocycles. The Labute approximate surface area is 186 Å². The molecular weight excluding hydrogens is 386 g/mol. The minimum atomic E-state index is -0.116. The Morgan fingerprint density at radius 2 is 1.81 bits per heavy atom. The van der Waals surface area contributed by atoms with Crippen molar-refractivity contribution in [2.24, 2.45) is 5.92 Å². The minimum absolute atomic E-state index is 0.00888. The molecule has 5 nitrogen and oxygen atoms in total. The van der Waals surface area contributed by atoms with Gasteiger partial charge in [0.1, 0.15) is 0 Å². The number of anilines is 2. The molecule has 0 spiro atoms. The van der Waals surface area contributed by atoms with E-state index in [2.05, 4.69) is 29.4 Å². The van der Waals surface area contributed by atoms with Gasteiger partial charge in [0.25, 0.3) is 5.91 Å². The maximum absolute atomic E-state index is 13.3. The highest BCUT2D eigenvalue weighted by Gasteiger charge is 2.23. The zero-order valence-electron chi connectivity index (χ0n) is 19.0. The first-order valence-corrected chi connectivity index (χ1v) is 11.5. The van der Waals surface area contributed by atoms with E-state index in [1.165, 1.54) is 0 Å². The Morgan fingerprint density at radius 1 is 1.10 bits per heavy atom. The molecule has 166 valence electrons. The molecule has 1 heterocycles. The van der Waals surface area contributed by atoms with Gasteiger partial charge in [-0.05, 0) is 55.9 Å². The Morgan fingerprint density at radius 3 is 2.48 bits per heavy atom. The van der Waals surface area contributed by atoms with Gasteiger partial charge in [0.05, 0.1) is 11.6 Å². The summed E-state index contributed by atoms with van der Waals surface area (Å²) in [6.07, 6.45) is 4.57. The van der Waals surface area contributed by atoms with E-state index >= 15 is 0 Å². The van der Waals surface area contributed by atoms with Gasteiger partial charge < -0.3 is 15.5 Å². The third-order valence-electron chi connectivity index (χ3n) is 6.05. The van der Waals surface area contributed by atoms with E-state index in [1.807, 2.05) is 55.5 Å². The van der Waals surface area contributed by atoms with Gasteiger partial charge in [-0.15, -0.1) is 0 Å². The van der Waals surface area contributed by atoms with Crippen LogP contribution in [0.5, 0.6) is 0 Å². The SMILES string of the molecule is CCCCC(=O)Nc1ccc(N2CCC(C)CC2)c(C(=O)N[C@@H](C)c2ccccc2)c1. The third-order valence-corrected chi connectivity index (χ3v) is 6.05. The lowest BCUT2D eigenvalue weighted by Crippen LogP contribution is -2.35. The van der Waals surface area contributed by atoms with E-state index in [1.54, 1.807) is 0 Å². The lowest BCUT2D eigenvalue weighted by Gasteiger charge is -2.33. The highest BCUT2D eigenvalue weighted by atomic mass is 16.2. The Kier molecular flexibility index (Phi) is 8.10. The molecule has 5 heteroatoms. The molecule has 1 fully saturated rings. The van der Waals surface area contributed by atoms with Crippen LogP contribution in [0, 0.1) is 5.92 Å². The number of nitrogens with zero attached hydrogens (tertiary/aromatic N) is 1. The number of benzene rings is 2. The molecule has 0 saturated carbocycles. The normalized spacial score (nSPS) is 15.4. The van der Waals surface area contributed by atoms with Gasteiger partial charge in [-0.1, -0.05) is 50.6 Å². The summed E-state index contributed by atoms with van der Waals surface area (Å²) < 4.78 is 0. The van der Waals surface area contributed by atoms with Crippen LogP contribution in [0.2, 0.25) is 0 Å². The van der Waals surface area contributed by atoms with Gasteiger partial charge in [-0.3, -0.25) is 9.59 Å². The van der Waals surface area contributed by atoms with Crippen LogP contribution in [0.4, 0.5) is 11.4 Å². The summed E-state index contributed by atoms with van der Waals surface area (Å²) in [4.78, 5) is 27.8. The first-order valence-electron chi connectivity index (χ1n) is 11.5. The molecule has 1 atom stereocenters. The van der Waals surface area contributed by atoms with Crippen LogP contribution in [0.15, 0.2) is 48.5 Å². The average Bonchev–Trinajstić information content (AvgIpc) is 2.79. The highest BCUT2D eigenvalue weighted by molar-refractivity contribution is 6.02. The number of carbonyl (C=O) groups excluding carboxylic acids is 2. The van der Waals surface area contributed by atoms with Gasteiger partial charge in [0.15, 0.2) is 0 Å². The van der Waals surface area contributed by atoms with Crippen molar-refractivity contribution in [3.63, 3.8) is 0 Å². The summed E-state index contributed by atoms with van der Waals surface area (Å²) in [5, 5.41) is 6.09. The van der Waals surface area contributed by atoms with Crippen molar-refractivity contribution in [3.8, 4) is 0 Å². The highest BCUT2D eigenvalue weighted by Crippen LogP contribution is 2.29. The second kappa shape index (κ2) is 11.0. The number of piperidine rings is 1. The fourth-order valence-corrected chi connectivity index (χ4v) is 3.98. The summed E-state index contributed by atoms with van der Waals surface area (Å²) in [5.41, 5.74) is 3.29. The van der Waals surface area contributed by atoms with Crippen molar-refractivity contribution in [1.29, 1.82) is 0 Å². The number of hydrogen-bond donors (Lipinski definition) is 2. The molecule has 0 aromatic heterocycles. The van der Waals surface area contributed by atoms with Crippen LogP contribution in [0.3, 0.4) is 0 Å². The topological polar surface area (TPSA) is 61.4 Å². The van der Waals surface area contributed by atoms with Crippen LogP contribution < -0.4 is 15.5 Å². The Hall–Kier alpha value is -2.82. The van der Waals surface area contributed by atoms with E-state index in [0.717, 1.165) is 50.0 Å². The fourth-order valence-electron chi connectivity index (χ4n) is 3.98. The molecule has 31 heavy (non-hydrogen) atoms. The zero-order chi connectivity index (χ0) is 22.2. The minimum Gasteiger partial charge on any atom is -0.371 e. The molecular formula is C26H35N3O2. The van der Waals surface area contributed by atoms with Crippen LogP contribution in [-0.2, 0) is 4.79 Å². The lowest BCUT2D eigenvalue weighted by atomic mass is 9.97. The number of rotatable bonds is 8. The Balaban J connectivity index is 1.83. The quantitative estimate of drug-likeness (QED) is 0.588. The van der Waals surface area contributed by atoms with Crippen molar-refractivity contribution < 1.29 is 9.59 Å². The fraction of sp³-hybridized carbons (Fsp3) is 0.462. The second-order valence-corrected chi connectivity index (χ2v) is 8.66. The van der Waals surface area contributed by atoms with E-state index in [0.29, 0.717) is 23.6 Å². The summed E-state index contributed by atoms with van der Waals surface area (Å²) >= 11 is 0. The maximum atomic E-state index is 13.3. The first kappa shape index (κ1) is 22.9. The van der Waals surface area contributed by atoms with Crippen molar-refractivity contribution in [2.75, 3.05) is 23.3 Å². The van der Waals surface area contributed by atoms with E-state index in [9.17, 15) is 9.59 Å². The van der Waals surface area contributed by atoms with Gasteiger partial charge in [0.2, 0.25) is 5.91 Å². The molecule has 0 radical (unpaired) electrons. The maximum Gasteiger partial charge on any atom is 0.253 e. The molecule has 2 aromatic rings. The monoisotopic (exact) mass is 421 g/mol. The molecule has 0 aliphatic carbocycles. The average molecular weight is 422 g/mol. The van der Waals surface area contributed by atoms with E-state index in [4.69, 9.17) is 0 Å². The summed E-state index contributed by atoms with van der Waals surface area (Å²) in [6, 6.07) is 15.6. The number of carbonyl (C=O) groups is 2. The standard InChI is InChI=1S/C26H35N3O2/c1-4-5-11-25(30)28-22-12-13-24(29-16-14-19(2)15-17-29)23(18-22)26(31)27-20(3)21-9-7-6-8-10-21/h6-10,12-13,18-20H,4-5,11,14-17H2,1-3H3,(H,27,31)(H,28,30)/t20-/m0/s1. The summed E-state index contributed by atoms with van der Waals surface area (Å²) in [5.74, 6) is 0.587. The van der Waals surface area contributed by atoms with Gasteiger partial charge >= 0.3 is 0 Å². The predicted octanol–water partition coefficient (Wildman–Crippen LogP) is 5.54. The van der Waals surface area contributed by atoms with E-state index in [-0.39, 0.29) is 17.9 Å². The van der Waals surface area contributed by atoms with Crippen molar-refractivity contribution in [2.45, 2.75) is 58.9 Å². The predicted molar refractivity (Wildman–Crippen MR) is 128 cm³/mol. The molecule has 2 amide bonds. The zero-order valence-corrected chi connectivity index (χ0v) is 19.0. The van der Waals surface area contributed by atoms with Crippen LogP contribution in [-0.4, -0.2) is 24.9 Å². The number of amides is 2. The van der Waals surface area contributed by atoms with Gasteiger partial charge in [0, 0.05) is 30.9 Å². The smallest absolute Gasteiger partial charge is 0.253 e. The van der Waals surface area contributed by atoms with Gasteiger partial charge in [-0.2, -0.15) is 0 Å². The molecule has 1 saturated heterocycles. The molecule has 0 unspecified atom stereocenters. The van der Waals surface area contributed by atoms with Crippen molar-refractivity contribution >= 4 is 23.2 Å². The summed E-state index contributed by atoms with van der Waals surface area (Å²) in [7, 11) is 0.